The fraction of sp³-hybridized carbons (Fsp3) is 0.143. The van der Waals surface area contributed by atoms with E-state index in [9.17, 15) is 0 Å². The third-order valence-corrected chi connectivity index (χ3v) is 1.98. The van der Waals surface area contributed by atoms with Crippen LogP contribution in [0.1, 0.15) is 12.2 Å². The predicted molar refractivity (Wildman–Crippen MR) is 48.5 cm³/mol. The van der Waals surface area contributed by atoms with Gasteiger partial charge in [0.05, 0.1) is 0 Å². The average molecular weight is 178 g/mol. The monoisotopic (exact) mass is 178 g/mol. The van der Waals surface area contributed by atoms with E-state index in [1.165, 1.54) is 0 Å². The van der Waals surface area contributed by atoms with Crippen LogP contribution in [0.2, 0.25) is 0 Å². The Hall–Kier alpha value is -1.36. The van der Waals surface area contributed by atoms with Crippen molar-refractivity contribution in [2.45, 2.75) is 6.42 Å². The van der Waals surface area contributed by atoms with E-state index in [2.05, 4.69) is 20.6 Å². The molecular formula is C7H6N4S. The summed E-state index contributed by atoms with van der Waals surface area (Å²) in [4.78, 5) is 0.860. The molecule has 0 atom stereocenters. The van der Waals surface area contributed by atoms with Gasteiger partial charge in [0.15, 0.2) is 0 Å². The Labute approximate surface area is 74.4 Å². The van der Waals surface area contributed by atoms with E-state index in [0.717, 1.165) is 16.9 Å². The van der Waals surface area contributed by atoms with E-state index < -0.39 is 0 Å². The van der Waals surface area contributed by atoms with Crippen molar-refractivity contribution >= 4 is 22.7 Å². The zero-order valence-corrected chi connectivity index (χ0v) is 7.01. The first-order valence-electron chi connectivity index (χ1n) is 3.52. The Kier molecular flexibility index (Phi) is 1.79. The second-order valence-corrected chi connectivity index (χ2v) is 2.86. The highest BCUT2D eigenvalue weighted by atomic mass is 32.1. The fourth-order valence-electron chi connectivity index (χ4n) is 1.02. The van der Waals surface area contributed by atoms with Crippen LogP contribution in [0.5, 0.6) is 0 Å². The molecule has 1 aromatic rings. The zero-order chi connectivity index (χ0) is 8.39. The fourth-order valence-corrected chi connectivity index (χ4v) is 1.27. The molecule has 1 aliphatic carbocycles. The number of nitrogens with zero attached hydrogens (tertiary/aromatic N) is 3. The van der Waals surface area contributed by atoms with Crippen LogP contribution >= 0.6 is 12.2 Å². The lowest BCUT2D eigenvalue weighted by Gasteiger charge is -2.04. The van der Waals surface area contributed by atoms with Gasteiger partial charge in [-0.3, -0.25) is 0 Å². The Bertz CT molecular complexity index is 349. The number of hydrogen-bond donors (Lipinski definition) is 1. The molecule has 0 saturated heterocycles. The quantitative estimate of drug-likeness (QED) is 0.649. The molecule has 1 N–H and O–H groups in total. The van der Waals surface area contributed by atoms with Crippen molar-refractivity contribution in [1.29, 1.82) is 0 Å². The molecule has 0 bridgehead atoms. The van der Waals surface area contributed by atoms with Gasteiger partial charge in [-0.05, 0) is 5.21 Å². The highest BCUT2D eigenvalue weighted by Gasteiger charge is 2.12. The lowest BCUT2D eigenvalue weighted by Crippen LogP contribution is -2.02. The number of rotatable bonds is 1. The van der Waals surface area contributed by atoms with E-state index in [1.807, 2.05) is 18.2 Å². The molecule has 1 aromatic heterocycles. The van der Waals surface area contributed by atoms with Gasteiger partial charge in [0, 0.05) is 16.9 Å². The number of nitrogens with one attached hydrogen (secondary N) is 1. The van der Waals surface area contributed by atoms with Crippen LogP contribution in [0.4, 0.5) is 0 Å². The van der Waals surface area contributed by atoms with Gasteiger partial charge in [-0.25, -0.2) is 0 Å². The number of tetrazole rings is 1. The van der Waals surface area contributed by atoms with Gasteiger partial charge in [-0.15, -0.1) is 10.2 Å². The first-order chi connectivity index (χ1) is 5.88. The van der Waals surface area contributed by atoms with E-state index in [4.69, 9.17) is 12.2 Å². The topological polar surface area (TPSA) is 54.5 Å². The predicted octanol–water partition coefficient (Wildman–Crippen LogP) is 0.913. The number of aromatic amines is 1. The van der Waals surface area contributed by atoms with E-state index >= 15 is 0 Å². The SMILES string of the molecule is S=C1CC=CC=C1c1nn[nH]n1. The van der Waals surface area contributed by atoms with E-state index in [-0.39, 0.29) is 0 Å². The van der Waals surface area contributed by atoms with E-state index in [0.29, 0.717) is 5.82 Å². The van der Waals surface area contributed by atoms with Crippen molar-refractivity contribution < 1.29 is 0 Å². The summed E-state index contributed by atoms with van der Waals surface area (Å²) in [6.45, 7) is 0. The molecular weight excluding hydrogens is 172 g/mol. The molecule has 0 radical (unpaired) electrons. The minimum Gasteiger partial charge on any atom is -0.177 e. The molecule has 0 amide bonds. The molecule has 0 saturated carbocycles. The van der Waals surface area contributed by atoms with Crippen molar-refractivity contribution in [1.82, 2.24) is 20.6 Å². The largest absolute Gasteiger partial charge is 0.205 e. The summed E-state index contributed by atoms with van der Waals surface area (Å²) in [5.74, 6) is 0.573. The maximum absolute atomic E-state index is 5.13. The standard InChI is InChI=1S/C7H6N4S/c12-6-4-2-1-3-5(6)7-8-10-11-9-7/h1-3H,4H2,(H,8,9,10,11). The first-order valence-corrected chi connectivity index (χ1v) is 3.92. The number of hydrogen-bond acceptors (Lipinski definition) is 4. The lowest BCUT2D eigenvalue weighted by atomic mass is 10.0. The van der Waals surface area contributed by atoms with E-state index in [1.54, 1.807) is 0 Å². The van der Waals surface area contributed by atoms with Crippen LogP contribution in [0.15, 0.2) is 18.2 Å². The summed E-state index contributed by atoms with van der Waals surface area (Å²) in [5.41, 5.74) is 0.890. The molecule has 0 spiro atoms. The van der Waals surface area contributed by atoms with Gasteiger partial charge < -0.3 is 0 Å². The maximum atomic E-state index is 5.13. The molecule has 60 valence electrons. The number of allylic oxidation sites excluding steroid dienone is 4. The third-order valence-electron chi connectivity index (χ3n) is 1.59. The third kappa shape index (κ3) is 1.18. The molecule has 0 aliphatic heterocycles. The summed E-state index contributed by atoms with van der Waals surface area (Å²) >= 11 is 5.13. The molecule has 12 heavy (non-hydrogen) atoms. The van der Waals surface area contributed by atoms with Crippen molar-refractivity contribution in [3.05, 3.63) is 24.1 Å². The maximum Gasteiger partial charge on any atom is 0.205 e. The summed E-state index contributed by atoms with van der Waals surface area (Å²) in [7, 11) is 0. The van der Waals surface area contributed by atoms with Crippen LogP contribution in [0, 0.1) is 0 Å². The van der Waals surface area contributed by atoms with Gasteiger partial charge in [-0.2, -0.15) is 5.21 Å². The molecule has 2 rings (SSSR count). The average Bonchev–Trinajstić information content (AvgIpc) is 2.57. The van der Waals surface area contributed by atoms with Gasteiger partial charge in [0.2, 0.25) is 5.82 Å². The number of H-pyrrole nitrogens is 1. The highest BCUT2D eigenvalue weighted by molar-refractivity contribution is 7.81. The van der Waals surface area contributed by atoms with Crippen LogP contribution < -0.4 is 0 Å². The Morgan fingerprint density at radius 1 is 1.50 bits per heavy atom. The van der Waals surface area contributed by atoms with Gasteiger partial charge in [0.25, 0.3) is 0 Å². The van der Waals surface area contributed by atoms with Crippen molar-refractivity contribution in [3.8, 4) is 0 Å². The first kappa shape index (κ1) is 7.30. The van der Waals surface area contributed by atoms with Gasteiger partial charge >= 0.3 is 0 Å². The molecule has 0 unspecified atom stereocenters. The van der Waals surface area contributed by atoms with Crippen LogP contribution in [-0.2, 0) is 0 Å². The number of thiocarbonyl (C=S) groups is 1. The van der Waals surface area contributed by atoms with Crippen molar-refractivity contribution in [2.24, 2.45) is 0 Å². The highest BCUT2D eigenvalue weighted by Crippen LogP contribution is 2.17. The molecule has 1 heterocycles. The second-order valence-electron chi connectivity index (χ2n) is 2.37. The summed E-state index contributed by atoms with van der Waals surface area (Å²) < 4.78 is 0. The lowest BCUT2D eigenvalue weighted by molar-refractivity contribution is 0.881. The normalized spacial score (nSPS) is 16.3. The zero-order valence-electron chi connectivity index (χ0n) is 6.19. The summed E-state index contributed by atoms with van der Waals surface area (Å²) in [6, 6.07) is 0. The Balaban J connectivity index is 2.40. The van der Waals surface area contributed by atoms with Gasteiger partial charge in [0.1, 0.15) is 0 Å². The smallest absolute Gasteiger partial charge is 0.177 e. The van der Waals surface area contributed by atoms with Crippen LogP contribution in [0.25, 0.3) is 5.57 Å². The molecule has 0 fully saturated rings. The minimum absolute atomic E-state index is 0.573. The van der Waals surface area contributed by atoms with Crippen LogP contribution in [-0.4, -0.2) is 25.5 Å². The molecule has 1 aliphatic rings. The summed E-state index contributed by atoms with van der Waals surface area (Å²) in [5, 5.41) is 13.6. The van der Waals surface area contributed by atoms with Gasteiger partial charge in [-0.1, -0.05) is 30.4 Å². The number of aromatic nitrogens is 4. The van der Waals surface area contributed by atoms with Crippen molar-refractivity contribution in [3.63, 3.8) is 0 Å². The van der Waals surface area contributed by atoms with Crippen molar-refractivity contribution in [2.75, 3.05) is 0 Å². The molecule has 0 aromatic carbocycles. The van der Waals surface area contributed by atoms with Crippen LogP contribution in [0.3, 0.4) is 0 Å². The second kappa shape index (κ2) is 2.94. The molecule has 4 nitrogen and oxygen atoms in total. The Morgan fingerprint density at radius 2 is 2.42 bits per heavy atom. The summed E-state index contributed by atoms with van der Waals surface area (Å²) in [6.07, 6.45) is 6.64. The Morgan fingerprint density at radius 3 is 3.08 bits per heavy atom. The molecule has 5 heteroatoms. The minimum atomic E-state index is 0.573.